The molecule has 0 saturated heterocycles. The second kappa shape index (κ2) is 8.68. The molecule has 0 spiro atoms. The summed E-state index contributed by atoms with van der Waals surface area (Å²) < 4.78 is 16.7. The fourth-order valence-electron chi connectivity index (χ4n) is 2.59. The number of rotatable bonds is 6. The van der Waals surface area contributed by atoms with Crippen molar-refractivity contribution in [1.82, 2.24) is 9.55 Å². The molecular formula is C21H18N2O5. The minimum Gasteiger partial charge on any atom is -0.502 e. The minimum absolute atomic E-state index is 0.0283. The molecule has 0 fully saturated rings. The first-order valence-electron chi connectivity index (χ1n) is 8.37. The third kappa shape index (κ3) is 4.09. The number of hydrogen-bond donors (Lipinski definition) is 0. The van der Waals surface area contributed by atoms with Crippen LogP contribution in [-0.2, 0) is 14.3 Å². The Morgan fingerprint density at radius 3 is 2.43 bits per heavy atom. The molecule has 0 atom stereocenters. The third-order valence-electron chi connectivity index (χ3n) is 3.83. The first kappa shape index (κ1) is 18.9. The van der Waals surface area contributed by atoms with E-state index in [1.54, 1.807) is 54.7 Å². The lowest BCUT2D eigenvalue weighted by Gasteiger charge is -2.14. The van der Waals surface area contributed by atoms with Crippen LogP contribution in [0.15, 0.2) is 77.9 Å². The molecule has 0 unspecified atom stereocenters. The SMILES string of the molecule is CO/C=C(\C(=O)OC)n1c(-c2ccc(Oc3ccccn3)cc2)cccc1=O. The summed E-state index contributed by atoms with van der Waals surface area (Å²) in [6, 6.07) is 17.2. The van der Waals surface area contributed by atoms with Gasteiger partial charge in [-0.2, -0.15) is 0 Å². The van der Waals surface area contributed by atoms with Gasteiger partial charge in [0.1, 0.15) is 12.0 Å². The van der Waals surface area contributed by atoms with Crippen LogP contribution < -0.4 is 10.3 Å². The number of carbonyl (C=O) groups is 1. The van der Waals surface area contributed by atoms with Crippen LogP contribution in [0.3, 0.4) is 0 Å². The van der Waals surface area contributed by atoms with E-state index in [-0.39, 0.29) is 11.3 Å². The largest absolute Gasteiger partial charge is 0.502 e. The van der Waals surface area contributed by atoms with Gasteiger partial charge in [0.25, 0.3) is 5.56 Å². The molecule has 142 valence electrons. The van der Waals surface area contributed by atoms with Gasteiger partial charge in [0.15, 0.2) is 5.70 Å². The van der Waals surface area contributed by atoms with Crippen molar-refractivity contribution in [3.05, 3.63) is 83.5 Å². The van der Waals surface area contributed by atoms with Gasteiger partial charge in [-0.3, -0.25) is 9.36 Å². The zero-order chi connectivity index (χ0) is 19.9. The molecule has 2 aromatic heterocycles. The van der Waals surface area contributed by atoms with Crippen LogP contribution in [0.1, 0.15) is 0 Å². The number of benzene rings is 1. The van der Waals surface area contributed by atoms with Gasteiger partial charge < -0.3 is 14.2 Å². The third-order valence-corrected chi connectivity index (χ3v) is 3.83. The second-order valence-electron chi connectivity index (χ2n) is 5.61. The van der Waals surface area contributed by atoms with Crippen molar-refractivity contribution in [3.8, 4) is 22.9 Å². The van der Waals surface area contributed by atoms with Gasteiger partial charge in [0.2, 0.25) is 5.88 Å². The van der Waals surface area contributed by atoms with Gasteiger partial charge in [-0.15, -0.1) is 0 Å². The van der Waals surface area contributed by atoms with Gasteiger partial charge in [-0.1, -0.05) is 12.1 Å². The lowest BCUT2D eigenvalue weighted by Crippen LogP contribution is -2.24. The maximum atomic E-state index is 12.5. The van der Waals surface area contributed by atoms with E-state index in [1.807, 2.05) is 6.07 Å². The Morgan fingerprint density at radius 2 is 1.79 bits per heavy atom. The van der Waals surface area contributed by atoms with E-state index >= 15 is 0 Å². The fraction of sp³-hybridized carbons (Fsp3) is 0.0952. The quantitative estimate of drug-likeness (QED) is 0.372. The van der Waals surface area contributed by atoms with Crippen LogP contribution in [0.4, 0.5) is 0 Å². The molecule has 0 radical (unpaired) electrons. The van der Waals surface area contributed by atoms with Crippen molar-refractivity contribution >= 4 is 11.7 Å². The Balaban J connectivity index is 2.00. The highest BCUT2D eigenvalue weighted by Crippen LogP contribution is 2.26. The van der Waals surface area contributed by atoms with Crippen LogP contribution in [0.2, 0.25) is 0 Å². The molecule has 0 aliphatic rings. The normalized spacial score (nSPS) is 11.0. The second-order valence-corrected chi connectivity index (χ2v) is 5.61. The monoisotopic (exact) mass is 378 g/mol. The average Bonchev–Trinajstić information content (AvgIpc) is 2.73. The lowest BCUT2D eigenvalue weighted by molar-refractivity contribution is -0.134. The molecule has 1 aromatic carbocycles. The number of aromatic nitrogens is 2. The van der Waals surface area contributed by atoms with Crippen LogP contribution in [0.5, 0.6) is 11.6 Å². The first-order valence-corrected chi connectivity index (χ1v) is 8.37. The van der Waals surface area contributed by atoms with E-state index in [4.69, 9.17) is 14.2 Å². The van der Waals surface area contributed by atoms with Crippen LogP contribution >= 0.6 is 0 Å². The molecule has 3 rings (SSSR count). The zero-order valence-corrected chi connectivity index (χ0v) is 15.4. The summed E-state index contributed by atoms with van der Waals surface area (Å²) in [6.45, 7) is 0. The molecule has 0 bridgehead atoms. The minimum atomic E-state index is -0.688. The summed E-state index contributed by atoms with van der Waals surface area (Å²) in [6.07, 6.45) is 2.82. The van der Waals surface area contributed by atoms with Gasteiger partial charge in [-0.05, 0) is 42.0 Å². The van der Waals surface area contributed by atoms with E-state index in [1.165, 1.54) is 31.1 Å². The van der Waals surface area contributed by atoms with E-state index in [9.17, 15) is 9.59 Å². The Kier molecular flexibility index (Phi) is 5.86. The Bertz CT molecular complexity index is 1040. The highest BCUT2D eigenvalue weighted by Gasteiger charge is 2.18. The van der Waals surface area contributed by atoms with E-state index in [2.05, 4.69) is 4.98 Å². The van der Waals surface area contributed by atoms with Crippen molar-refractivity contribution in [2.45, 2.75) is 0 Å². The maximum absolute atomic E-state index is 12.5. The smallest absolute Gasteiger partial charge is 0.358 e. The summed E-state index contributed by atoms with van der Waals surface area (Å²) in [5, 5.41) is 0. The molecule has 28 heavy (non-hydrogen) atoms. The summed E-state index contributed by atoms with van der Waals surface area (Å²) >= 11 is 0. The summed E-state index contributed by atoms with van der Waals surface area (Å²) in [5.41, 5.74) is 0.794. The van der Waals surface area contributed by atoms with Crippen molar-refractivity contribution < 1.29 is 19.0 Å². The first-order chi connectivity index (χ1) is 13.6. The summed E-state index contributed by atoms with van der Waals surface area (Å²) in [4.78, 5) is 28.7. The van der Waals surface area contributed by atoms with E-state index in [0.29, 0.717) is 22.9 Å². The highest BCUT2D eigenvalue weighted by atomic mass is 16.5. The number of methoxy groups -OCH3 is 2. The number of hydrogen-bond acceptors (Lipinski definition) is 6. The van der Waals surface area contributed by atoms with Crippen molar-refractivity contribution in [1.29, 1.82) is 0 Å². The molecule has 7 heteroatoms. The number of nitrogens with zero attached hydrogens (tertiary/aromatic N) is 2. The topological polar surface area (TPSA) is 79.7 Å². The zero-order valence-electron chi connectivity index (χ0n) is 15.4. The van der Waals surface area contributed by atoms with E-state index in [0.717, 1.165) is 0 Å². The van der Waals surface area contributed by atoms with Crippen molar-refractivity contribution in [2.24, 2.45) is 0 Å². The molecule has 2 heterocycles. The molecule has 3 aromatic rings. The Labute approximate surface area is 161 Å². The van der Waals surface area contributed by atoms with Gasteiger partial charge in [0.05, 0.1) is 19.9 Å². The fourth-order valence-corrected chi connectivity index (χ4v) is 2.59. The molecule has 7 nitrogen and oxygen atoms in total. The number of carbonyl (C=O) groups excluding carboxylic acids is 1. The number of pyridine rings is 2. The molecule has 0 aliphatic carbocycles. The standard InChI is InChI=1S/C21H18N2O5/c1-26-14-18(21(25)27-2)23-17(6-5-8-20(23)24)15-9-11-16(12-10-15)28-19-7-3-4-13-22-19/h3-14H,1-2H3/b18-14+. The molecular weight excluding hydrogens is 360 g/mol. The van der Waals surface area contributed by atoms with Crippen LogP contribution in [0.25, 0.3) is 17.0 Å². The predicted molar refractivity (Wildman–Crippen MR) is 104 cm³/mol. The highest BCUT2D eigenvalue weighted by molar-refractivity contribution is 6.10. The van der Waals surface area contributed by atoms with Crippen molar-refractivity contribution in [3.63, 3.8) is 0 Å². The van der Waals surface area contributed by atoms with Gasteiger partial charge in [0, 0.05) is 18.3 Å². The molecule has 0 aliphatic heterocycles. The van der Waals surface area contributed by atoms with E-state index < -0.39 is 5.97 Å². The maximum Gasteiger partial charge on any atom is 0.358 e. The number of ether oxygens (including phenoxy) is 3. The summed E-state index contributed by atoms with van der Waals surface area (Å²) in [5.74, 6) is 0.377. The Morgan fingerprint density at radius 1 is 1.00 bits per heavy atom. The lowest BCUT2D eigenvalue weighted by atomic mass is 10.1. The van der Waals surface area contributed by atoms with Crippen LogP contribution in [-0.4, -0.2) is 29.7 Å². The number of esters is 1. The molecule has 0 N–H and O–H groups in total. The molecule has 0 amide bonds. The summed E-state index contributed by atoms with van der Waals surface area (Å²) in [7, 11) is 2.63. The average molecular weight is 378 g/mol. The predicted octanol–water partition coefficient (Wildman–Crippen LogP) is 3.32. The van der Waals surface area contributed by atoms with Gasteiger partial charge >= 0.3 is 5.97 Å². The molecule has 0 saturated carbocycles. The Hall–Kier alpha value is -3.87. The van der Waals surface area contributed by atoms with Crippen molar-refractivity contribution in [2.75, 3.05) is 14.2 Å². The van der Waals surface area contributed by atoms with Crippen LogP contribution in [0, 0.1) is 0 Å². The van der Waals surface area contributed by atoms with Gasteiger partial charge in [-0.25, -0.2) is 9.78 Å².